The van der Waals surface area contributed by atoms with Crippen molar-refractivity contribution in [2.24, 2.45) is 11.8 Å². The first-order chi connectivity index (χ1) is 10.1. The quantitative estimate of drug-likeness (QED) is 0.818. The minimum absolute atomic E-state index is 0.0716. The average Bonchev–Trinajstić information content (AvgIpc) is 2.50. The zero-order chi connectivity index (χ0) is 14.8. The van der Waals surface area contributed by atoms with Gasteiger partial charge >= 0.3 is 6.03 Å². The minimum Gasteiger partial charge on any atom is -0.324 e. The number of hydrogen-bond acceptors (Lipinski definition) is 1. The number of piperidine rings is 1. The van der Waals surface area contributed by atoms with Crippen LogP contribution in [0.1, 0.15) is 43.2 Å². The predicted molar refractivity (Wildman–Crippen MR) is 86.6 cm³/mol. The van der Waals surface area contributed by atoms with Crippen LogP contribution in [-0.2, 0) is 0 Å². The summed E-state index contributed by atoms with van der Waals surface area (Å²) in [6, 6.07) is 6.19. The zero-order valence-electron chi connectivity index (χ0n) is 13.2. The number of aryl methyl sites for hydroxylation is 2. The summed E-state index contributed by atoms with van der Waals surface area (Å²) in [5.74, 6) is 1.60. The number of likely N-dealkylation sites (tertiary alicyclic amines) is 1. The summed E-state index contributed by atoms with van der Waals surface area (Å²) in [5, 5.41) is 3.06. The number of benzene rings is 1. The van der Waals surface area contributed by atoms with Gasteiger partial charge in [-0.25, -0.2) is 4.79 Å². The smallest absolute Gasteiger partial charge is 0.321 e. The summed E-state index contributed by atoms with van der Waals surface area (Å²) in [6.45, 7) is 6.03. The summed E-state index contributed by atoms with van der Waals surface area (Å²) in [7, 11) is 0. The SMILES string of the molecule is Cc1ccc(NC(=O)N2CC[C@@H]3CCCC[C@H]3C2)cc1C. The molecule has 0 aromatic heterocycles. The van der Waals surface area contributed by atoms with Crippen LogP contribution in [0.5, 0.6) is 0 Å². The Morgan fingerprint density at radius 2 is 1.86 bits per heavy atom. The van der Waals surface area contributed by atoms with Crippen molar-refractivity contribution < 1.29 is 4.79 Å². The van der Waals surface area contributed by atoms with Gasteiger partial charge in [-0.15, -0.1) is 0 Å². The van der Waals surface area contributed by atoms with Gasteiger partial charge in [0.05, 0.1) is 0 Å². The Balaban J connectivity index is 1.61. The maximum atomic E-state index is 12.5. The highest BCUT2D eigenvalue weighted by molar-refractivity contribution is 5.89. The number of fused-ring (bicyclic) bond motifs is 1. The van der Waals surface area contributed by atoms with Gasteiger partial charge < -0.3 is 10.2 Å². The van der Waals surface area contributed by atoms with Crippen LogP contribution in [0.3, 0.4) is 0 Å². The van der Waals surface area contributed by atoms with E-state index in [0.717, 1.165) is 30.6 Å². The number of rotatable bonds is 1. The van der Waals surface area contributed by atoms with Gasteiger partial charge in [0.1, 0.15) is 0 Å². The van der Waals surface area contributed by atoms with Gasteiger partial charge in [0.2, 0.25) is 0 Å². The molecule has 3 rings (SSSR count). The number of amides is 2. The lowest BCUT2D eigenvalue weighted by atomic mass is 9.75. The topological polar surface area (TPSA) is 32.3 Å². The Labute approximate surface area is 127 Å². The summed E-state index contributed by atoms with van der Waals surface area (Å²) in [6.07, 6.45) is 6.59. The van der Waals surface area contributed by atoms with E-state index < -0.39 is 0 Å². The van der Waals surface area contributed by atoms with Crippen molar-refractivity contribution in [2.45, 2.75) is 46.0 Å². The summed E-state index contributed by atoms with van der Waals surface area (Å²) >= 11 is 0. The summed E-state index contributed by atoms with van der Waals surface area (Å²) in [4.78, 5) is 14.5. The monoisotopic (exact) mass is 286 g/mol. The lowest BCUT2D eigenvalue weighted by Crippen LogP contribution is -2.46. The molecule has 1 saturated heterocycles. The Bertz CT molecular complexity index is 526. The van der Waals surface area contributed by atoms with E-state index in [9.17, 15) is 4.79 Å². The fraction of sp³-hybridized carbons (Fsp3) is 0.611. The van der Waals surface area contributed by atoms with E-state index in [-0.39, 0.29) is 6.03 Å². The van der Waals surface area contributed by atoms with Gasteiger partial charge in [0.25, 0.3) is 0 Å². The molecule has 114 valence electrons. The van der Waals surface area contributed by atoms with Crippen molar-refractivity contribution in [3.05, 3.63) is 29.3 Å². The second-order valence-electron chi connectivity index (χ2n) is 6.77. The molecule has 1 aromatic carbocycles. The maximum absolute atomic E-state index is 12.5. The molecule has 1 N–H and O–H groups in total. The van der Waals surface area contributed by atoms with Crippen molar-refractivity contribution in [3.63, 3.8) is 0 Å². The Hall–Kier alpha value is -1.51. The normalized spacial score (nSPS) is 25.3. The molecule has 3 heteroatoms. The molecule has 2 atom stereocenters. The molecule has 1 saturated carbocycles. The van der Waals surface area contributed by atoms with E-state index in [1.807, 2.05) is 11.0 Å². The highest BCUT2D eigenvalue weighted by Crippen LogP contribution is 2.36. The third-order valence-electron chi connectivity index (χ3n) is 5.34. The molecule has 3 nitrogen and oxygen atoms in total. The number of carbonyl (C=O) groups excluding carboxylic acids is 1. The molecule has 1 aromatic rings. The number of anilines is 1. The van der Waals surface area contributed by atoms with Crippen molar-refractivity contribution >= 4 is 11.7 Å². The Kier molecular flexibility index (Phi) is 4.18. The molecule has 0 bridgehead atoms. The molecule has 1 aliphatic carbocycles. The molecule has 2 aliphatic rings. The lowest BCUT2D eigenvalue weighted by molar-refractivity contribution is 0.108. The van der Waals surface area contributed by atoms with Crippen LogP contribution >= 0.6 is 0 Å². The van der Waals surface area contributed by atoms with Crippen LogP contribution in [-0.4, -0.2) is 24.0 Å². The predicted octanol–water partition coefficient (Wildman–Crippen LogP) is 4.35. The molecule has 2 amide bonds. The molecule has 0 unspecified atom stereocenters. The van der Waals surface area contributed by atoms with Gasteiger partial charge in [0, 0.05) is 18.8 Å². The van der Waals surface area contributed by atoms with E-state index in [0.29, 0.717) is 0 Å². The highest BCUT2D eigenvalue weighted by atomic mass is 16.2. The van der Waals surface area contributed by atoms with Crippen molar-refractivity contribution in [1.82, 2.24) is 4.90 Å². The van der Waals surface area contributed by atoms with E-state index in [2.05, 4.69) is 31.3 Å². The third kappa shape index (κ3) is 3.22. The summed E-state index contributed by atoms with van der Waals surface area (Å²) in [5.41, 5.74) is 3.39. The Morgan fingerprint density at radius 3 is 2.62 bits per heavy atom. The first-order valence-corrected chi connectivity index (χ1v) is 8.26. The standard InChI is InChI=1S/C18H26N2O/c1-13-7-8-17(11-14(13)2)19-18(21)20-10-9-15-5-3-4-6-16(15)12-20/h7-8,11,15-16H,3-6,9-10,12H2,1-2H3,(H,19,21)/t15-,16-/m0/s1. The molecule has 2 fully saturated rings. The van der Waals surface area contributed by atoms with Crippen LogP contribution in [0.15, 0.2) is 18.2 Å². The lowest BCUT2D eigenvalue weighted by Gasteiger charge is -2.41. The first kappa shape index (κ1) is 14.4. The molecule has 21 heavy (non-hydrogen) atoms. The largest absolute Gasteiger partial charge is 0.324 e. The van der Waals surface area contributed by atoms with E-state index in [4.69, 9.17) is 0 Å². The highest BCUT2D eigenvalue weighted by Gasteiger charge is 2.32. The van der Waals surface area contributed by atoms with Crippen LogP contribution in [0.2, 0.25) is 0 Å². The van der Waals surface area contributed by atoms with Gasteiger partial charge in [-0.1, -0.05) is 25.3 Å². The van der Waals surface area contributed by atoms with E-state index in [1.165, 1.54) is 43.2 Å². The molecule has 0 radical (unpaired) electrons. The van der Waals surface area contributed by atoms with Gasteiger partial charge in [-0.3, -0.25) is 0 Å². The molecular formula is C18H26N2O. The second-order valence-corrected chi connectivity index (χ2v) is 6.77. The summed E-state index contributed by atoms with van der Waals surface area (Å²) < 4.78 is 0. The maximum Gasteiger partial charge on any atom is 0.321 e. The molecule has 1 aliphatic heterocycles. The minimum atomic E-state index is 0.0716. The van der Waals surface area contributed by atoms with E-state index in [1.54, 1.807) is 0 Å². The first-order valence-electron chi connectivity index (χ1n) is 8.26. The van der Waals surface area contributed by atoms with Gasteiger partial charge in [0.15, 0.2) is 0 Å². The molecule has 1 heterocycles. The second kappa shape index (κ2) is 6.08. The van der Waals surface area contributed by atoms with Crippen LogP contribution in [0, 0.1) is 25.7 Å². The fourth-order valence-electron chi connectivity index (χ4n) is 3.81. The number of nitrogens with one attached hydrogen (secondary N) is 1. The van der Waals surface area contributed by atoms with Crippen molar-refractivity contribution in [3.8, 4) is 0 Å². The van der Waals surface area contributed by atoms with Crippen LogP contribution in [0.25, 0.3) is 0 Å². The zero-order valence-corrected chi connectivity index (χ0v) is 13.2. The molecule has 0 spiro atoms. The van der Waals surface area contributed by atoms with Crippen molar-refractivity contribution in [2.75, 3.05) is 18.4 Å². The Morgan fingerprint density at radius 1 is 1.10 bits per heavy atom. The van der Waals surface area contributed by atoms with Crippen LogP contribution < -0.4 is 5.32 Å². The van der Waals surface area contributed by atoms with Crippen molar-refractivity contribution in [1.29, 1.82) is 0 Å². The van der Waals surface area contributed by atoms with Gasteiger partial charge in [-0.05, 0) is 61.8 Å². The van der Waals surface area contributed by atoms with Crippen LogP contribution in [0.4, 0.5) is 10.5 Å². The van der Waals surface area contributed by atoms with Gasteiger partial charge in [-0.2, -0.15) is 0 Å². The van der Waals surface area contributed by atoms with E-state index >= 15 is 0 Å². The third-order valence-corrected chi connectivity index (χ3v) is 5.34. The number of carbonyl (C=O) groups is 1. The number of urea groups is 1. The fourth-order valence-corrected chi connectivity index (χ4v) is 3.81. The number of hydrogen-bond donors (Lipinski definition) is 1. The molecular weight excluding hydrogens is 260 g/mol. The number of nitrogens with zero attached hydrogens (tertiary/aromatic N) is 1. The average molecular weight is 286 g/mol.